The van der Waals surface area contributed by atoms with Crippen LogP contribution in [0.3, 0.4) is 0 Å². The molecule has 0 spiro atoms. The van der Waals surface area contributed by atoms with Crippen molar-refractivity contribution in [2.45, 2.75) is 58.1 Å². The lowest BCUT2D eigenvalue weighted by Gasteiger charge is -2.29. The van der Waals surface area contributed by atoms with Crippen LogP contribution in [0.1, 0.15) is 54.1 Å². The van der Waals surface area contributed by atoms with E-state index in [4.69, 9.17) is 0 Å². The molecule has 0 unspecified atom stereocenters. The van der Waals surface area contributed by atoms with E-state index in [1.54, 1.807) is 10.9 Å². The van der Waals surface area contributed by atoms with Gasteiger partial charge in [-0.1, -0.05) is 18.9 Å². The van der Waals surface area contributed by atoms with Gasteiger partial charge in [-0.2, -0.15) is 0 Å². The van der Waals surface area contributed by atoms with Crippen molar-refractivity contribution in [2.75, 3.05) is 0 Å². The fourth-order valence-corrected chi connectivity index (χ4v) is 4.00. The summed E-state index contributed by atoms with van der Waals surface area (Å²) in [5.74, 6) is 0. The zero-order valence-electron chi connectivity index (χ0n) is 15.9. The number of aromatic nitrogens is 3. The first-order valence-electron chi connectivity index (χ1n) is 9.63. The van der Waals surface area contributed by atoms with Gasteiger partial charge in [-0.05, 0) is 68.0 Å². The van der Waals surface area contributed by atoms with Crippen molar-refractivity contribution >= 4 is 10.9 Å². The lowest BCUT2D eigenvalue weighted by Crippen LogP contribution is -2.34. The molecule has 5 nitrogen and oxygen atoms in total. The summed E-state index contributed by atoms with van der Waals surface area (Å²) in [6, 6.07) is 7.85. The largest absolute Gasteiger partial charge is 0.391 e. The van der Waals surface area contributed by atoms with Crippen LogP contribution in [0.4, 0.5) is 0 Å². The Morgan fingerprint density at radius 2 is 1.96 bits per heavy atom. The van der Waals surface area contributed by atoms with Gasteiger partial charge in [0.25, 0.3) is 5.56 Å². The van der Waals surface area contributed by atoms with E-state index < -0.39 is 6.10 Å². The molecule has 1 aromatic carbocycles. The summed E-state index contributed by atoms with van der Waals surface area (Å²) >= 11 is 0. The van der Waals surface area contributed by atoms with Gasteiger partial charge in [0.1, 0.15) is 0 Å². The maximum atomic E-state index is 13.1. The summed E-state index contributed by atoms with van der Waals surface area (Å²) in [5, 5.41) is 11.0. The van der Waals surface area contributed by atoms with Crippen LogP contribution in [0.5, 0.6) is 0 Å². The monoisotopic (exact) mass is 363 g/mol. The topological polar surface area (TPSA) is 68.0 Å². The van der Waals surface area contributed by atoms with Gasteiger partial charge in [-0.15, -0.1) is 0 Å². The maximum absolute atomic E-state index is 13.1. The van der Waals surface area contributed by atoms with Crippen molar-refractivity contribution in [2.24, 2.45) is 0 Å². The van der Waals surface area contributed by atoms with E-state index in [0.717, 1.165) is 54.5 Å². The molecule has 140 valence electrons. The van der Waals surface area contributed by atoms with E-state index in [1.165, 1.54) is 0 Å². The fraction of sp³-hybridized carbons (Fsp3) is 0.409. The molecule has 0 aliphatic heterocycles. The first-order valence-corrected chi connectivity index (χ1v) is 9.63. The van der Waals surface area contributed by atoms with Crippen LogP contribution < -0.4 is 5.56 Å². The summed E-state index contributed by atoms with van der Waals surface area (Å²) in [6.07, 6.45) is 7.37. The number of hydrogen-bond acceptors (Lipinski definition) is 4. The molecule has 4 rings (SSSR count). The second kappa shape index (κ2) is 7.24. The van der Waals surface area contributed by atoms with Crippen LogP contribution in [0.25, 0.3) is 10.9 Å². The molecule has 1 N–H and O–H groups in total. The number of nitrogens with zero attached hydrogens (tertiary/aromatic N) is 3. The molecule has 1 saturated carbocycles. The van der Waals surface area contributed by atoms with E-state index in [2.05, 4.69) is 23.0 Å². The van der Waals surface area contributed by atoms with Crippen LogP contribution in [-0.4, -0.2) is 25.7 Å². The molecule has 2 atom stereocenters. The normalized spacial score (nSPS) is 20.1. The van der Waals surface area contributed by atoms with Crippen LogP contribution in [0.2, 0.25) is 0 Å². The van der Waals surface area contributed by atoms with Crippen molar-refractivity contribution in [3.05, 3.63) is 69.5 Å². The Bertz CT molecular complexity index is 1020. The van der Waals surface area contributed by atoms with Gasteiger partial charge >= 0.3 is 0 Å². The van der Waals surface area contributed by atoms with Gasteiger partial charge in [-0.3, -0.25) is 14.3 Å². The molecule has 0 radical (unpaired) electrons. The number of aryl methyl sites for hydroxylation is 2. The van der Waals surface area contributed by atoms with Crippen LogP contribution in [0.15, 0.2) is 41.6 Å². The number of benzene rings is 1. The molecule has 1 fully saturated rings. The van der Waals surface area contributed by atoms with E-state index in [1.807, 2.05) is 31.3 Å². The minimum atomic E-state index is -0.473. The SMILES string of the molecule is Cc1ccc(Cc2cc3c(=O)n([C@H]4CCCC[C@@H]4O)cnc3cc2C)cn1. The summed E-state index contributed by atoms with van der Waals surface area (Å²) in [4.78, 5) is 22.0. The van der Waals surface area contributed by atoms with Gasteiger partial charge < -0.3 is 5.11 Å². The average molecular weight is 363 g/mol. The van der Waals surface area contributed by atoms with Crippen LogP contribution in [0, 0.1) is 13.8 Å². The molecule has 3 aromatic rings. The number of rotatable bonds is 3. The number of aliphatic hydroxyl groups excluding tert-OH is 1. The lowest BCUT2D eigenvalue weighted by molar-refractivity contribution is 0.0735. The highest BCUT2D eigenvalue weighted by molar-refractivity contribution is 5.79. The predicted molar refractivity (Wildman–Crippen MR) is 106 cm³/mol. The second-order valence-corrected chi connectivity index (χ2v) is 7.66. The second-order valence-electron chi connectivity index (χ2n) is 7.66. The van der Waals surface area contributed by atoms with Gasteiger partial charge in [-0.25, -0.2) is 4.98 Å². The molecule has 5 heteroatoms. The molecular formula is C22H25N3O2. The van der Waals surface area contributed by atoms with E-state index in [0.29, 0.717) is 10.9 Å². The lowest BCUT2D eigenvalue weighted by atomic mass is 9.92. The maximum Gasteiger partial charge on any atom is 0.261 e. The highest BCUT2D eigenvalue weighted by atomic mass is 16.3. The highest BCUT2D eigenvalue weighted by Crippen LogP contribution is 2.28. The van der Waals surface area contributed by atoms with E-state index >= 15 is 0 Å². The van der Waals surface area contributed by atoms with Gasteiger partial charge in [0.15, 0.2) is 0 Å². The quantitative estimate of drug-likeness (QED) is 0.774. The fourth-order valence-electron chi connectivity index (χ4n) is 4.00. The van der Waals surface area contributed by atoms with Gasteiger partial charge in [0, 0.05) is 11.9 Å². The zero-order chi connectivity index (χ0) is 19.0. The minimum absolute atomic E-state index is 0.0609. The summed E-state index contributed by atoms with van der Waals surface area (Å²) in [7, 11) is 0. The van der Waals surface area contributed by atoms with Gasteiger partial charge in [0.05, 0.1) is 29.4 Å². The van der Waals surface area contributed by atoms with Crippen LogP contribution >= 0.6 is 0 Å². The number of hydrogen-bond donors (Lipinski definition) is 1. The Labute approximate surface area is 158 Å². The molecule has 27 heavy (non-hydrogen) atoms. The zero-order valence-corrected chi connectivity index (χ0v) is 15.9. The van der Waals surface area contributed by atoms with Crippen LogP contribution in [-0.2, 0) is 6.42 Å². The number of aliphatic hydroxyl groups is 1. The number of pyridine rings is 1. The molecule has 0 saturated heterocycles. The Morgan fingerprint density at radius 3 is 2.70 bits per heavy atom. The smallest absolute Gasteiger partial charge is 0.261 e. The Kier molecular flexibility index (Phi) is 4.79. The van der Waals surface area contributed by atoms with E-state index in [9.17, 15) is 9.90 Å². The third-order valence-electron chi connectivity index (χ3n) is 5.66. The molecule has 1 aliphatic rings. The third-order valence-corrected chi connectivity index (χ3v) is 5.66. The Morgan fingerprint density at radius 1 is 1.15 bits per heavy atom. The van der Waals surface area contributed by atoms with Gasteiger partial charge in [0.2, 0.25) is 0 Å². The molecular weight excluding hydrogens is 338 g/mol. The third kappa shape index (κ3) is 3.52. The van der Waals surface area contributed by atoms with Crippen molar-refractivity contribution < 1.29 is 5.11 Å². The van der Waals surface area contributed by atoms with Crippen molar-refractivity contribution in [1.29, 1.82) is 0 Å². The molecule has 2 heterocycles. The Balaban J connectivity index is 1.76. The van der Waals surface area contributed by atoms with Crippen molar-refractivity contribution in [1.82, 2.24) is 14.5 Å². The first-order chi connectivity index (χ1) is 13.0. The standard InChI is InChI=1S/C22H25N3O2/c1-14-9-19-18(11-17(14)10-16-8-7-15(2)23-12-16)22(27)25(13-24-19)20-5-3-4-6-21(20)26/h7-9,11-13,20-21,26H,3-6,10H2,1-2H3/t20-,21-/m0/s1. The average Bonchev–Trinajstić information content (AvgIpc) is 2.66. The predicted octanol–water partition coefficient (Wildman–Crippen LogP) is 3.48. The van der Waals surface area contributed by atoms with Crippen molar-refractivity contribution in [3.8, 4) is 0 Å². The summed E-state index contributed by atoms with van der Waals surface area (Å²) in [5.41, 5.74) is 4.99. The first kappa shape index (κ1) is 17.9. The molecule has 1 aliphatic carbocycles. The summed E-state index contributed by atoms with van der Waals surface area (Å²) in [6.45, 7) is 4.02. The molecule has 2 aromatic heterocycles. The molecule has 0 amide bonds. The van der Waals surface area contributed by atoms with Crippen molar-refractivity contribution in [3.63, 3.8) is 0 Å². The molecule has 0 bridgehead atoms. The Hall–Kier alpha value is -2.53. The highest BCUT2D eigenvalue weighted by Gasteiger charge is 2.26. The summed E-state index contributed by atoms with van der Waals surface area (Å²) < 4.78 is 1.64. The van der Waals surface area contributed by atoms with E-state index in [-0.39, 0.29) is 11.6 Å². The number of fused-ring (bicyclic) bond motifs is 1. The minimum Gasteiger partial charge on any atom is -0.391 e.